The summed E-state index contributed by atoms with van der Waals surface area (Å²) in [6.45, 7) is 4.23. The van der Waals surface area contributed by atoms with Gasteiger partial charge in [-0.25, -0.2) is 4.98 Å². The van der Waals surface area contributed by atoms with Crippen molar-refractivity contribution in [3.05, 3.63) is 36.1 Å². The van der Waals surface area contributed by atoms with E-state index >= 15 is 0 Å². The number of halogens is 1. The molecule has 1 heterocycles. The minimum Gasteiger partial charge on any atom is -0.359 e. The first-order valence-corrected chi connectivity index (χ1v) is 5.78. The van der Waals surface area contributed by atoms with Crippen molar-refractivity contribution >= 4 is 45.7 Å². The number of hydrogen-bond acceptors (Lipinski definition) is 2. The Morgan fingerprint density at radius 2 is 2.41 bits per heavy atom. The van der Waals surface area contributed by atoms with E-state index in [4.69, 9.17) is 23.8 Å². The standard InChI is InChI=1S/C11H11ClN4S/c1-2-5-13-11(17)14-7-3-4-8-9(6-7)16-10(12)15-8/h2-4,6H,1,5H2,(H,15,16)(H2,13,14,17). The van der Waals surface area contributed by atoms with Gasteiger partial charge in [0.25, 0.3) is 0 Å². The number of anilines is 1. The summed E-state index contributed by atoms with van der Waals surface area (Å²) in [7, 11) is 0. The maximum absolute atomic E-state index is 5.77. The molecule has 2 rings (SSSR count). The van der Waals surface area contributed by atoms with Crippen LogP contribution in [-0.4, -0.2) is 21.6 Å². The van der Waals surface area contributed by atoms with Crippen LogP contribution in [0.3, 0.4) is 0 Å². The van der Waals surface area contributed by atoms with Gasteiger partial charge >= 0.3 is 0 Å². The summed E-state index contributed by atoms with van der Waals surface area (Å²) in [4.78, 5) is 7.05. The Hall–Kier alpha value is -1.59. The molecule has 88 valence electrons. The van der Waals surface area contributed by atoms with E-state index in [0.717, 1.165) is 16.7 Å². The highest BCUT2D eigenvalue weighted by molar-refractivity contribution is 7.80. The van der Waals surface area contributed by atoms with Crippen molar-refractivity contribution in [1.29, 1.82) is 0 Å². The fourth-order valence-electron chi connectivity index (χ4n) is 1.40. The van der Waals surface area contributed by atoms with Gasteiger partial charge in [-0.1, -0.05) is 6.08 Å². The second-order valence-electron chi connectivity index (χ2n) is 3.38. The predicted molar refractivity (Wildman–Crippen MR) is 75.5 cm³/mol. The first-order chi connectivity index (χ1) is 8.19. The molecule has 0 unspecified atom stereocenters. The molecule has 3 N–H and O–H groups in total. The Morgan fingerprint density at radius 1 is 1.59 bits per heavy atom. The van der Waals surface area contributed by atoms with E-state index in [0.29, 0.717) is 16.9 Å². The third kappa shape index (κ3) is 2.95. The van der Waals surface area contributed by atoms with Gasteiger partial charge in [0.1, 0.15) is 0 Å². The quantitative estimate of drug-likeness (QED) is 0.591. The zero-order valence-electron chi connectivity index (χ0n) is 8.96. The lowest BCUT2D eigenvalue weighted by molar-refractivity contribution is 1.06. The summed E-state index contributed by atoms with van der Waals surface area (Å²) in [5.41, 5.74) is 2.57. The van der Waals surface area contributed by atoms with Crippen LogP contribution in [-0.2, 0) is 0 Å². The van der Waals surface area contributed by atoms with Gasteiger partial charge in [-0.15, -0.1) is 6.58 Å². The number of thiocarbonyl (C=S) groups is 1. The summed E-state index contributed by atoms with van der Waals surface area (Å²) in [6.07, 6.45) is 1.74. The molecule has 6 heteroatoms. The van der Waals surface area contributed by atoms with Gasteiger partial charge in [-0.3, -0.25) is 0 Å². The van der Waals surface area contributed by atoms with Crippen molar-refractivity contribution in [2.75, 3.05) is 11.9 Å². The van der Waals surface area contributed by atoms with Crippen molar-refractivity contribution in [2.45, 2.75) is 0 Å². The molecular weight excluding hydrogens is 256 g/mol. The zero-order valence-corrected chi connectivity index (χ0v) is 10.5. The number of hydrogen-bond donors (Lipinski definition) is 3. The van der Waals surface area contributed by atoms with Gasteiger partial charge in [-0.2, -0.15) is 0 Å². The molecular formula is C11H11ClN4S. The van der Waals surface area contributed by atoms with Crippen LogP contribution >= 0.6 is 23.8 Å². The monoisotopic (exact) mass is 266 g/mol. The molecule has 0 spiro atoms. The summed E-state index contributed by atoms with van der Waals surface area (Å²) in [5.74, 6) is 0. The molecule has 4 nitrogen and oxygen atoms in total. The highest BCUT2D eigenvalue weighted by Gasteiger charge is 2.02. The number of fused-ring (bicyclic) bond motifs is 1. The third-order valence-corrected chi connectivity index (χ3v) is 2.54. The predicted octanol–water partition coefficient (Wildman–Crippen LogP) is 2.69. The molecule has 0 aliphatic heterocycles. The second-order valence-corrected chi connectivity index (χ2v) is 4.15. The summed E-state index contributed by atoms with van der Waals surface area (Å²) >= 11 is 10.9. The molecule has 17 heavy (non-hydrogen) atoms. The number of imidazole rings is 1. The first kappa shape index (κ1) is 11.9. The fraction of sp³-hybridized carbons (Fsp3) is 0.0909. The highest BCUT2D eigenvalue weighted by atomic mass is 35.5. The van der Waals surface area contributed by atoms with Crippen molar-refractivity contribution < 1.29 is 0 Å². The molecule has 0 atom stereocenters. The van der Waals surface area contributed by atoms with E-state index < -0.39 is 0 Å². The molecule has 0 fully saturated rings. The molecule has 0 saturated heterocycles. The zero-order chi connectivity index (χ0) is 12.3. The number of aromatic amines is 1. The Labute approximate surface area is 109 Å². The van der Waals surface area contributed by atoms with Gasteiger partial charge in [-0.05, 0) is 42.0 Å². The van der Waals surface area contributed by atoms with Crippen LogP contribution in [0.25, 0.3) is 11.0 Å². The maximum Gasteiger partial charge on any atom is 0.201 e. The SMILES string of the molecule is C=CCNC(=S)Nc1ccc2nc(Cl)[nH]c2c1. The minimum absolute atomic E-state index is 0.379. The van der Waals surface area contributed by atoms with E-state index in [-0.39, 0.29) is 0 Å². The number of nitrogens with zero attached hydrogens (tertiary/aromatic N) is 1. The van der Waals surface area contributed by atoms with Gasteiger partial charge < -0.3 is 15.6 Å². The highest BCUT2D eigenvalue weighted by Crippen LogP contribution is 2.18. The number of benzene rings is 1. The van der Waals surface area contributed by atoms with Gasteiger partial charge in [0.05, 0.1) is 11.0 Å². The van der Waals surface area contributed by atoms with Crippen LogP contribution in [0.4, 0.5) is 5.69 Å². The summed E-state index contributed by atoms with van der Waals surface area (Å²) in [5, 5.41) is 6.97. The molecule has 0 aliphatic carbocycles. The molecule has 0 bridgehead atoms. The molecule has 0 saturated carbocycles. The maximum atomic E-state index is 5.77. The lowest BCUT2D eigenvalue weighted by atomic mass is 10.3. The molecule has 0 amide bonds. The van der Waals surface area contributed by atoms with E-state index in [1.54, 1.807) is 6.08 Å². The number of aromatic nitrogens is 2. The fourth-order valence-corrected chi connectivity index (χ4v) is 1.79. The van der Waals surface area contributed by atoms with Gasteiger partial charge in [0, 0.05) is 12.2 Å². The molecule has 1 aromatic heterocycles. The van der Waals surface area contributed by atoms with Crippen LogP contribution in [0.15, 0.2) is 30.9 Å². The average molecular weight is 267 g/mol. The largest absolute Gasteiger partial charge is 0.359 e. The van der Waals surface area contributed by atoms with E-state index in [1.165, 1.54) is 0 Å². The lowest BCUT2D eigenvalue weighted by Gasteiger charge is -2.08. The molecule has 0 radical (unpaired) electrons. The Bertz CT molecular complexity index is 564. The summed E-state index contributed by atoms with van der Waals surface area (Å²) < 4.78 is 0. The number of nitrogens with one attached hydrogen (secondary N) is 3. The average Bonchev–Trinajstić information content (AvgIpc) is 2.65. The van der Waals surface area contributed by atoms with Crippen LogP contribution in [0.5, 0.6) is 0 Å². The topological polar surface area (TPSA) is 52.7 Å². The van der Waals surface area contributed by atoms with E-state index in [1.807, 2.05) is 18.2 Å². The van der Waals surface area contributed by atoms with Crippen LogP contribution in [0, 0.1) is 0 Å². The molecule has 0 aliphatic rings. The van der Waals surface area contributed by atoms with Crippen LogP contribution in [0.2, 0.25) is 5.28 Å². The van der Waals surface area contributed by atoms with E-state index in [9.17, 15) is 0 Å². The molecule has 1 aromatic carbocycles. The van der Waals surface area contributed by atoms with Gasteiger partial charge in [0.15, 0.2) is 5.11 Å². The Morgan fingerprint density at radius 3 is 3.18 bits per heavy atom. The van der Waals surface area contributed by atoms with Crippen molar-refractivity contribution in [3.63, 3.8) is 0 Å². The van der Waals surface area contributed by atoms with Crippen molar-refractivity contribution in [1.82, 2.24) is 15.3 Å². The third-order valence-electron chi connectivity index (χ3n) is 2.12. The first-order valence-electron chi connectivity index (χ1n) is 5.00. The molecule has 2 aromatic rings. The number of H-pyrrole nitrogens is 1. The Balaban J connectivity index is 2.13. The van der Waals surface area contributed by atoms with Crippen molar-refractivity contribution in [3.8, 4) is 0 Å². The minimum atomic E-state index is 0.379. The normalized spacial score (nSPS) is 10.2. The lowest BCUT2D eigenvalue weighted by Crippen LogP contribution is -2.28. The Kier molecular flexibility index (Phi) is 3.61. The summed E-state index contributed by atoms with van der Waals surface area (Å²) in [6, 6.07) is 5.66. The van der Waals surface area contributed by atoms with E-state index in [2.05, 4.69) is 27.2 Å². The van der Waals surface area contributed by atoms with Crippen LogP contribution in [0.1, 0.15) is 0 Å². The van der Waals surface area contributed by atoms with Gasteiger partial charge in [0.2, 0.25) is 5.28 Å². The second kappa shape index (κ2) is 5.16. The number of rotatable bonds is 3. The van der Waals surface area contributed by atoms with Crippen molar-refractivity contribution in [2.24, 2.45) is 0 Å². The van der Waals surface area contributed by atoms with Crippen LogP contribution < -0.4 is 10.6 Å². The smallest absolute Gasteiger partial charge is 0.201 e.